The predicted molar refractivity (Wildman–Crippen MR) is 84.0 cm³/mol. The highest BCUT2D eigenvalue weighted by atomic mass is 19.1. The molecule has 0 bridgehead atoms. The van der Waals surface area contributed by atoms with Crippen LogP contribution in [0, 0.1) is 5.82 Å². The van der Waals surface area contributed by atoms with Crippen LogP contribution in [0.3, 0.4) is 0 Å². The van der Waals surface area contributed by atoms with Crippen LogP contribution in [0.25, 0.3) is 0 Å². The second kappa shape index (κ2) is 8.63. The first-order valence-corrected chi connectivity index (χ1v) is 7.10. The van der Waals surface area contributed by atoms with E-state index in [1.807, 2.05) is 0 Å². The van der Waals surface area contributed by atoms with Crippen molar-refractivity contribution in [2.45, 2.75) is 0 Å². The molecule has 0 radical (unpaired) electrons. The Balaban J connectivity index is 1.99. The second-order valence-corrected chi connectivity index (χ2v) is 4.76. The summed E-state index contributed by atoms with van der Waals surface area (Å²) < 4.78 is 23.2. The lowest BCUT2D eigenvalue weighted by atomic mass is 10.3. The van der Waals surface area contributed by atoms with Gasteiger partial charge in [0, 0.05) is 19.7 Å². The molecule has 0 fully saturated rings. The van der Waals surface area contributed by atoms with Crippen LogP contribution in [0.5, 0.6) is 0 Å². The van der Waals surface area contributed by atoms with E-state index < -0.39 is 17.8 Å². The summed E-state index contributed by atoms with van der Waals surface area (Å²) in [5.41, 5.74) is 0.0295. The van der Waals surface area contributed by atoms with Gasteiger partial charge in [0.1, 0.15) is 18.6 Å². The number of amides is 3. The number of ether oxygens (including phenoxy) is 1. The van der Waals surface area contributed by atoms with Crippen LogP contribution in [-0.2, 0) is 9.53 Å². The van der Waals surface area contributed by atoms with Crippen LogP contribution in [0.2, 0.25) is 0 Å². The minimum Gasteiger partial charge on any atom is -0.383 e. The third-order valence-corrected chi connectivity index (χ3v) is 3.01. The van der Waals surface area contributed by atoms with E-state index in [1.54, 1.807) is 6.07 Å². The molecule has 0 spiro atoms. The maximum absolute atomic E-state index is 13.6. The average molecular weight is 336 g/mol. The molecule has 1 aromatic heterocycles. The molecule has 2 rings (SSSR count). The standard InChI is InChI=1S/C15H17FN4O4/c1-23-9-7-20(10-14(21)18-13-6-8-24-19-13)15(22)17-12-5-3-2-4-11(12)16/h2-6,8H,7,9-10H2,1H3,(H,17,22)(H,18,19,21). The summed E-state index contributed by atoms with van der Waals surface area (Å²) in [5, 5.41) is 8.45. The third-order valence-electron chi connectivity index (χ3n) is 3.01. The second-order valence-electron chi connectivity index (χ2n) is 4.76. The molecule has 0 saturated heterocycles. The molecule has 0 atom stereocenters. The summed E-state index contributed by atoms with van der Waals surface area (Å²) in [5.74, 6) is -0.797. The predicted octanol–water partition coefficient (Wildman–Crippen LogP) is 1.93. The number of urea groups is 1. The largest absolute Gasteiger partial charge is 0.383 e. The Morgan fingerprint density at radius 1 is 1.29 bits per heavy atom. The number of halogens is 1. The monoisotopic (exact) mass is 336 g/mol. The minimum absolute atomic E-state index is 0.0295. The van der Waals surface area contributed by atoms with Gasteiger partial charge in [-0.25, -0.2) is 9.18 Å². The molecule has 3 amide bonds. The van der Waals surface area contributed by atoms with Crippen LogP contribution >= 0.6 is 0 Å². The number of methoxy groups -OCH3 is 1. The highest BCUT2D eigenvalue weighted by Crippen LogP contribution is 2.13. The van der Waals surface area contributed by atoms with Crippen molar-refractivity contribution in [3.8, 4) is 0 Å². The lowest BCUT2D eigenvalue weighted by Gasteiger charge is -2.22. The molecule has 2 N–H and O–H groups in total. The number of carbonyl (C=O) groups is 2. The van der Waals surface area contributed by atoms with E-state index >= 15 is 0 Å². The average Bonchev–Trinajstić information content (AvgIpc) is 3.06. The van der Waals surface area contributed by atoms with Gasteiger partial charge in [-0.05, 0) is 12.1 Å². The van der Waals surface area contributed by atoms with Crippen LogP contribution in [0.15, 0.2) is 41.1 Å². The number of benzene rings is 1. The number of para-hydroxylation sites is 1. The summed E-state index contributed by atoms with van der Waals surface area (Å²) in [7, 11) is 1.47. The summed E-state index contributed by atoms with van der Waals surface area (Å²) in [4.78, 5) is 25.5. The smallest absolute Gasteiger partial charge is 0.322 e. The van der Waals surface area contributed by atoms with Gasteiger partial charge in [0.15, 0.2) is 5.82 Å². The molecule has 0 aliphatic carbocycles. The zero-order valence-electron chi connectivity index (χ0n) is 13.0. The van der Waals surface area contributed by atoms with Crippen molar-refractivity contribution < 1.29 is 23.2 Å². The van der Waals surface area contributed by atoms with Crippen LogP contribution in [0.1, 0.15) is 0 Å². The fourth-order valence-corrected chi connectivity index (χ4v) is 1.84. The van der Waals surface area contributed by atoms with Crippen molar-refractivity contribution in [1.29, 1.82) is 0 Å². The van der Waals surface area contributed by atoms with E-state index in [9.17, 15) is 14.0 Å². The van der Waals surface area contributed by atoms with E-state index in [0.717, 1.165) is 0 Å². The molecule has 0 aliphatic heterocycles. The highest BCUT2D eigenvalue weighted by molar-refractivity contribution is 5.96. The molecule has 2 aromatic rings. The van der Waals surface area contributed by atoms with Crippen molar-refractivity contribution in [3.05, 3.63) is 42.4 Å². The van der Waals surface area contributed by atoms with Crippen molar-refractivity contribution >= 4 is 23.4 Å². The molecule has 1 aromatic carbocycles. The van der Waals surface area contributed by atoms with Gasteiger partial charge in [-0.1, -0.05) is 17.3 Å². The zero-order valence-corrected chi connectivity index (χ0v) is 13.0. The molecule has 128 valence electrons. The maximum Gasteiger partial charge on any atom is 0.322 e. The first-order chi connectivity index (χ1) is 11.6. The van der Waals surface area contributed by atoms with Gasteiger partial charge in [0.2, 0.25) is 5.91 Å². The quantitative estimate of drug-likeness (QED) is 0.805. The van der Waals surface area contributed by atoms with Crippen LogP contribution < -0.4 is 10.6 Å². The van der Waals surface area contributed by atoms with Gasteiger partial charge in [0.25, 0.3) is 0 Å². The van der Waals surface area contributed by atoms with Crippen molar-refractivity contribution in [2.24, 2.45) is 0 Å². The molecular weight excluding hydrogens is 319 g/mol. The van der Waals surface area contributed by atoms with Gasteiger partial charge >= 0.3 is 6.03 Å². The minimum atomic E-state index is -0.618. The third kappa shape index (κ3) is 5.06. The molecule has 0 unspecified atom stereocenters. The zero-order chi connectivity index (χ0) is 17.4. The number of hydrogen-bond donors (Lipinski definition) is 2. The number of aromatic nitrogens is 1. The number of anilines is 2. The lowest BCUT2D eigenvalue weighted by Crippen LogP contribution is -2.42. The number of rotatable bonds is 7. The molecule has 1 heterocycles. The Hall–Kier alpha value is -2.94. The summed E-state index contributed by atoms with van der Waals surface area (Å²) in [6.07, 6.45) is 1.31. The normalized spacial score (nSPS) is 10.2. The molecule has 9 heteroatoms. The summed E-state index contributed by atoms with van der Waals surface area (Å²) in [6.45, 7) is 0.126. The topological polar surface area (TPSA) is 96.7 Å². The number of nitrogens with zero attached hydrogens (tertiary/aromatic N) is 2. The van der Waals surface area contributed by atoms with Crippen molar-refractivity contribution in [1.82, 2.24) is 10.1 Å². The van der Waals surface area contributed by atoms with Gasteiger partial charge in [0.05, 0.1) is 12.3 Å². The molecule has 0 aliphatic rings. The van der Waals surface area contributed by atoms with E-state index in [4.69, 9.17) is 4.74 Å². The van der Waals surface area contributed by atoms with Gasteiger partial charge < -0.3 is 24.8 Å². The highest BCUT2D eigenvalue weighted by Gasteiger charge is 2.18. The van der Waals surface area contributed by atoms with Crippen LogP contribution in [-0.4, -0.2) is 48.8 Å². The number of hydrogen-bond acceptors (Lipinski definition) is 5. The number of nitrogens with one attached hydrogen (secondary N) is 2. The molecule has 8 nitrogen and oxygen atoms in total. The fraction of sp³-hybridized carbons (Fsp3) is 0.267. The Kier molecular flexibility index (Phi) is 6.26. The maximum atomic E-state index is 13.6. The Morgan fingerprint density at radius 3 is 2.75 bits per heavy atom. The fourth-order valence-electron chi connectivity index (χ4n) is 1.84. The van der Waals surface area contributed by atoms with E-state index in [1.165, 1.54) is 42.5 Å². The molecule has 24 heavy (non-hydrogen) atoms. The summed E-state index contributed by atoms with van der Waals surface area (Å²) >= 11 is 0. The van der Waals surface area contributed by atoms with Crippen LogP contribution in [0.4, 0.5) is 20.7 Å². The Bertz CT molecular complexity index is 678. The Morgan fingerprint density at radius 2 is 2.08 bits per heavy atom. The van der Waals surface area contributed by atoms with Gasteiger partial charge in [-0.2, -0.15) is 0 Å². The molecule has 0 saturated carbocycles. The van der Waals surface area contributed by atoms with E-state index in [2.05, 4.69) is 20.3 Å². The molecular formula is C15H17FN4O4. The first kappa shape index (κ1) is 17.4. The van der Waals surface area contributed by atoms with Crippen molar-refractivity contribution in [2.75, 3.05) is 37.4 Å². The van der Waals surface area contributed by atoms with E-state index in [-0.39, 0.29) is 31.2 Å². The van der Waals surface area contributed by atoms with Gasteiger partial charge in [-0.15, -0.1) is 0 Å². The van der Waals surface area contributed by atoms with Gasteiger partial charge in [-0.3, -0.25) is 4.79 Å². The SMILES string of the molecule is COCCN(CC(=O)Nc1ccon1)C(=O)Nc1ccccc1F. The van der Waals surface area contributed by atoms with E-state index in [0.29, 0.717) is 0 Å². The Labute approximate surface area is 137 Å². The van der Waals surface area contributed by atoms with Crippen molar-refractivity contribution in [3.63, 3.8) is 0 Å². The first-order valence-electron chi connectivity index (χ1n) is 7.10. The summed E-state index contributed by atoms with van der Waals surface area (Å²) in [6, 6.07) is 6.61. The lowest BCUT2D eigenvalue weighted by molar-refractivity contribution is -0.116. The number of carbonyl (C=O) groups excluding carboxylic acids is 2.